The molecule has 17 heavy (non-hydrogen) atoms. The summed E-state index contributed by atoms with van der Waals surface area (Å²) in [5.74, 6) is -0.191. The van der Waals surface area contributed by atoms with Crippen LogP contribution in [-0.2, 0) is 16.1 Å². The van der Waals surface area contributed by atoms with Gasteiger partial charge in [-0.2, -0.15) is 0 Å². The average Bonchev–Trinajstić information content (AvgIpc) is 2.25. The van der Waals surface area contributed by atoms with Gasteiger partial charge in [-0.25, -0.2) is 0 Å². The number of rotatable bonds is 2. The summed E-state index contributed by atoms with van der Waals surface area (Å²) in [5, 5.41) is 3.23. The van der Waals surface area contributed by atoms with Gasteiger partial charge >= 0.3 is 0 Å². The summed E-state index contributed by atoms with van der Waals surface area (Å²) >= 11 is 5.87. The van der Waals surface area contributed by atoms with Crippen LogP contribution in [0.2, 0.25) is 5.02 Å². The molecule has 0 saturated carbocycles. The molecule has 5 heteroatoms. The largest absolute Gasteiger partial charge is 0.343 e. The number of carbonyl (C=O) groups excluding carboxylic acids is 2. The van der Waals surface area contributed by atoms with E-state index >= 15 is 0 Å². The lowest BCUT2D eigenvalue weighted by Crippen LogP contribution is -2.56. The van der Waals surface area contributed by atoms with Crippen molar-refractivity contribution in [2.75, 3.05) is 6.54 Å². The molecule has 1 saturated heterocycles. The number of nitrogens with zero attached hydrogens (tertiary/aromatic N) is 1. The van der Waals surface area contributed by atoms with E-state index in [0.717, 1.165) is 5.56 Å². The summed E-state index contributed by atoms with van der Waals surface area (Å²) < 4.78 is 0. The van der Waals surface area contributed by atoms with Crippen LogP contribution in [0.5, 0.6) is 0 Å². The zero-order chi connectivity index (χ0) is 12.4. The molecule has 0 spiro atoms. The molecule has 0 aromatic heterocycles. The van der Waals surface area contributed by atoms with Crippen molar-refractivity contribution < 1.29 is 9.59 Å². The topological polar surface area (TPSA) is 49.4 Å². The van der Waals surface area contributed by atoms with Gasteiger partial charge in [0, 0.05) is 11.6 Å². The molecule has 0 radical (unpaired) electrons. The Balaban J connectivity index is 2.12. The second-order valence-corrected chi connectivity index (χ2v) is 4.55. The van der Waals surface area contributed by atoms with E-state index in [2.05, 4.69) is 5.32 Å². The fraction of sp³-hybridized carbons (Fsp3) is 0.333. The van der Waals surface area contributed by atoms with E-state index in [-0.39, 0.29) is 18.4 Å². The Hall–Kier alpha value is -1.55. The van der Waals surface area contributed by atoms with Crippen LogP contribution in [0.1, 0.15) is 12.5 Å². The molecular formula is C12H13ClN2O2. The van der Waals surface area contributed by atoms with Crippen LogP contribution in [0, 0.1) is 0 Å². The van der Waals surface area contributed by atoms with Gasteiger partial charge in [0.1, 0.15) is 6.04 Å². The van der Waals surface area contributed by atoms with Gasteiger partial charge in [-0.05, 0) is 24.6 Å². The first-order valence-corrected chi connectivity index (χ1v) is 5.76. The van der Waals surface area contributed by atoms with Crippen molar-refractivity contribution in [3.05, 3.63) is 34.9 Å². The van der Waals surface area contributed by atoms with Gasteiger partial charge in [-0.3, -0.25) is 9.59 Å². The second kappa shape index (κ2) is 4.75. The average molecular weight is 253 g/mol. The third-order valence-corrected chi connectivity index (χ3v) is 2.89. The third kappa shape index (κ3) is 2.77. The maximum atomic E-state index is 11.8. The predicted octanol–water partition coefficient (Wildman–Crippen LogP) is 1.19. The van der Waals surface area contributed by atoms with Gasteiger partial charge in [0.15, 0.2) is 0 Å². The zero-order valence-electron chi connectivity index (χ0n) is 9.44. The first kappa shape index (κ1) is 11.9. The van der Waals surface area contributed by atoms with E-state index in [9.17, 15) is 9.59 Å². The molecule has 0 unspecified atom stereocenters. The highest BCUT2D eigenvalue weighted by atomic mass is 35.5. The molecule has 2 amide bonds. The van der Waals surface area contributed by atoms with E-state index in [0.29, 0.717) is 11.6 Å². The van der Waals surface area contributed by atoms with Gasteiger partial charge in [0.2, 0.25) is 11.8 Å². The Bertz CT molecular complexity index is 462. The van der Waals surface area contributed by atoms with Crippen LogP contribution < -0.4 is 5.32 Å². The standard InChI is InChI=1S/C12H13ClN2O2/c1-8-12(17)15(7-11(16)14-8)6-9-3-2-4-10(13)5-9/h2-5,8H,6-7H2,1H3,(H,14,16)/t8-/m1/s1. The Morgan fingerprint density at radius 3 is 2.94 bits per heavy atom. The summed E-state index contributed by atoms with van der Waals surface area (Å²) in [6.07, 6.45) is 0. The molecule has 1 aliphatic rings. The second-order valence-electron chi connectivity index (χ2n) is 4.11. The number of hydrogen-bond acceptors (Lipinski definition) is 2. The maximum absolute atomic E-state index is 11.8. The minimum atomic E-state index is -0.449. The predicted molar refractivity (Wildman–Crippen MR) is 64.5 cm³/mol. The highest BCUT2D eigenvalue weighted by Gasteiger charge is 2.29. The molecule has 1 aromatic rings. The molecule has 2 rings (SSSR count). The van der Waals surface area contributed by atoms with Crippen LogP contribution >= 0.6 is 11.6 Å². The van der Waals surface area contributed by atoms with Gasteiger partial charge in [0.05, 0.1) is 6.54 Å². The van der Waals surface area contributed by atoms with Gasteiger partial charge in [-0.1, -0.05) is 23.7 Å². The van der Waals surface area contributed by atoms with E-state index in [1.54, 1.807) is 19.1 Å². The first-order valence-electron chi connectivity index (χ1n) is 5.39. The molecule has 90 valence electrons. The van der Waals surface area contributed by atoms with E-state index in [1.165, 1.54) is 4.90 Å². The van der Waals surface area contributed by atoms with E-state index < -0.39 is 6.04 Å². The number of carbonyl (C=O) groups is 2. The van der Waals surface area contributed by atoms with Crippen LogP contribution in [0.25, 0.3) is 0 Å². The van der Waals surface area contributed by atoms with Gasteiger partial charge < -0.3 is 10.2 Å². The van der Waals surface area contributed by atoms with E-state index in [4.69, 9.17) is 11.6 Å². The van der Waals surface area contributed by atoms with Gasteiger partial charge in [-0.15, -0.1) is 0 Å². The van der Waals surface area contributed by atoms with Crippen LogP contribution in [0.3, 0.4) is 0 Å². The fourth-order valence-corrected chi connectivity index (χ4v) is 2.08. The highest BCUT2D eigenvalue weighted by molar-refractivity contribution is 6.30. The SMILES string of the molecule is C[C@H]1NC(=O)CN(Cc2cccc(Cl)c2)C1=O. The summed E-state index contributed by atoms with van der Waals surface area (Å²) in [5.41, 5.74) is 0.924. The molecular weight excluding hydrogens is 240 g/mol. The van der Waals surface area contributed by atoms with Crippen molar-refractivity contribution in [3.8, 4) is 0 Å². The normalized spacial score (nSPS) is 20.4. The number of piperazine rings is 1. The molecule has 1 fully saturated rings. The molecule has 0 aliphatic carbocycles. The molecule has 4 nitrogen and oxygen atoms in total. The number of hydrogen-bond donors (Lipinski definition) is 1. The molecule has 1 heterocycles. The fourth-order valence-electron chi connectivity index (χ4n) is 1.86. The summed E-state index contributed by atoms with van der Waals surface area (Å²) in [6, 6.07) is 6.84. The van der Waals surface area contributed by atoms with E-state index in [1.807, 2.05) is 12.1 Å². The lowest BCUT2D eigenvalue weighted by atomic mass is 10.1. The van der Waals surface area contributed by atoms with Crippen LogP contribution in [0.15, 0.2) is 24.3 Å². The summed E-state index contributed by atoms with van der Waals surface area (Å²) in [4.78, 5) is 24.7. The van der Waals surface area contributed by atoms with Crippen molar-refractivity contribution in [2.45, 2.75) is 19.5 Å². The Morgan fingerprint density at radius 1 is 1.47 bits per heavy atom. The molecule has 1 atom stereocenters. The third-order valence-electron chi connectivity index (χ3n) is 2.66. The highest BCUT2D eigenvalue weighted by Crippen LogP contribution is 2.14. The number of nitrogens with one attached hydrogen (secondary N) is 1. The molecule has 1 N–H and O–H groups in total. The molecule has 1 aliphatic heterocycles. The van der Waals surface area contributed by atoms with Crippen molar-refractivity contribution in [2.24, 2.45) is 0 Å². The smallest absolute Gasteiger partial charge is 0.245 e. The van der Waals surface area contributed by atoms with Crippen molar-refractivity contribution in [1.82, 2.24) is 10.2 Å². The minimum Gasteiger partial charge on any atom is -0.343 e. The Labute approximate surface area is 105 Å². The Kier molecular flexibility index (Phi) is 3.33. The molecule has 0 bridgehead atoms. The van der Waals surface area contributed by atoms with Crippen LogP contribution in [-0.4, -0.2) is 29.3 Å². The first-order chi connectivity index (χ1) is 8.06. The summed E-state index contributed by atoms with van der Waals surface area (Å²) in [7, 11) is 0. The lowest BCUT2D eigenvalue weighted by molar-refractivity contribution is -0.144. The number of halogens is 1. The zero-order valence-corrected chi connectivity index (χ0v) is 10.2. The lowest BCUT2D eigenvalue weighted by Gasteiger charge is -2.30. The van der Waals surface area contributed by atoms with Gasteiger partial charge in [0.25, 0.3) is 0 Å². The van der Waals surface area contributed by atoms with Crippen molar-refractivity contribution in [1.29, 1.82) is 0 Å². The Morgan fingerprint density at radius 2 is 2.24 bits per heavy atom. The summed E-state index contributed by atoms with van der Waals surface area (Å²) in [6.45, 7) is 2.21. The maximum Gasteiger partial charge on any atom is 0.245 e. The number of benzene rings is 1. The quantitative estimate of drug-likeness (QED) is 0.860. The van der Waals surface area contributed by atoms with Crippen molar-refractivity contribution in [3.63, 3.8) is 0 Å². The number of amides is 2. The molecule has 1 aromatic carbocycles. The minimum absolute atomic E-state index is 0.0652. The monoisotopic (exact) mass is 252 g/mol. The van der Waals surface area contributed by atoms with Crippen molar-refractivity contribution >= 4 is 23.4 Å². The van der Waals surface area contributed by atoms with Crippen LogP contribution in [0.4, 0.5) is 0 Å².